The first-order chi connectivity index (χ1) is 9.73. The molecule has 10 heteroatoms. The summed E-state index contributed by atoms with van der Waals surface area (Å²) in [6.07, 6.45) is 0. The highest BCUT2D eigenvalue weighted by molar-refractivity contribution is 9.10. The van der Waals surface area contributed by atoms with Crippen LogP contribution in [0.3, 0.4) is 0 Å². The number of hydrogen-bond donors (Lipinski definition) is 0. The van der Waals surface area contributed by atoms with E-state index in [1.807, 2.05) is 0 Å². The number of hydrogen-bond acceptors (Lipinski definition) is 4. The summed E-state index contributed by atoms with van der Waals surface area (Å²) in [5, 5.41) is 8.15. The van der Waals surface area contributed by atoms with E-state index in [4.69, 9.17) is 23.2 Å². The van der Waals surface area contributed by atoms with Crippen molar-refractivity contribution in [1.82, 2.24) is 19.3 Å². The predicted octanol–water partition coefficient (Wildman–Crippen LogP) is 2.71. The number of aromatic nitrogens is 3. The maximum Gasteiger partial charge on any atom is 0.263 e. The second-order valence-corrected chi connectivity index (χ2v) is 7.84. The highest BCUT2D eigenvalue weighted by Crippen LogP contribution is 2.25. The van der Waals surface area contributed by atoms with Crippen LogP contribution in [0.15, 0.2) is 27.8 Å². The Morgan fingerprint density at radius 2 is 2.00 bits per heavy atom. The van der Waals surface area contributed by atoms with Crippen LogP contribution in [-0.2, 0) is 23.6 Å². The lowest BCUT2D eigenvalue weighted by molar-refractivity contribution is 0.456. The third-order valence-corrected chi connectivity index (χ3v) is 6.21. The van der Waals surface area contributed by atoms with E-state index in [0.29, 0.717) is 10.0 Å². The Morgan fingerprint density at radius 1 is 1.33 bits per heavy atom. The van der Waals surface area contributed by atoms with Crippen molar-refractivity contribution in [2.45, 2.75) is 11.6 Å². The third kappa shape index (κ3) is 3.40. The zero-order valence-corrected chi connectivity index (χ0v) is 15.0. The molecule has 0 saturated carbocycles. The van der Waals surface area contributed by atoms with Crippen LogP contribution in [0.1, 0.15) is 5.56 Å². The average Bonchev–Trinajstić information content (AvgIpc) is 2.74. The van der Waals surface area contributed by atoms with Gasteiger partial charge in [0.2, 0.25) is 5.03 Å². The molecule has 0 unspecified atom stereocenters. The summed E-state index contributed by atoms with van der Waals surface area (Å²) in [7, 11) is -0.749. The number of aryl methyl sites for hydroxylation is 1. The second kappa shape index (κ2) is 6.21. The smallest absolute Gasteiger partial charge is 0.235 e. The van der Waals surface area contributed by atoms with Crippen molar-refractivity contribution in [3.63, 3.8) is 0 Å². The van der Waals surface area contributed by atoms with Crippen LogP contribution in [0, 0.1) is 0 Å². The largest absolute Gasteiger partial charge is 0.263 e. The SMILES string of the molecule is CN(Cc1ccc(Cl)c(Cl)c1)S(=O)(=O)c1c(Br)nnn1C. The standard InChI is InChI=1S/C11H11BrCl2N4O2S/c1-17(6-7-3-4-8(13)9(14)5-7)21(19,20)11-10(12)15-16-18(11)2/h3-5H,6H2,1-2H3. The van der Waals surface area contributed by atoms with Gasteiger partial charge in [-0.2, -0.15) is 4.31 Å². The van der Waals surface area contributed by atoms with Crippen LogP contribution in [-0.4, -0.2) is 34.8 Å². The topological polar surface area (TPSA) is 68.1 Å². The third-order valence-electron chi connectivity index (χ3n) is 2.78. The van der Waals surface area contributed by atoms with Gasteiger partial charge in [-0.05, 0) is 33.6 Å². The van der Waals surface area contributed by atoms with Crippen LogP contribution in [0.25, 0.3) is 0 Å². The van der Waals surface area contributed by atoms with Crippen LogP contribution in [0.2, 0.25) is 10.0 Å². The normalized spacial score (nSPS) is 12.1. The lowest BCUT2D eigenvalue weighted by Gasteiger charge is -2.17. The van der Waals surface area contributed by atoms with Crippen LogP contribution in [0.5, 0.6) is 0 Å². The van der Waals surface area contributed by atoms with Crippen molar-refractivity contribution in [2.24, 2.45) is 7.05 Å². The zero-order valence-electron chi connectivity index (χ0n) is 11.1. The molecule has 0 atom stereocenters. The van der Waals surface area contributed by atoms with Gasteiger partial charge in [0.25, 0.3) is 10.0 Å². The van der Waals surface area contributed by atoms with Crippen LogP contribution in [0.4, 0.5) is 0 Å². The van der Waals surface area contributed by atoms with E-state index in [1.165, 1.54) is 23.1 Å². The summed E-state index contributed by atoms with van der Waals surface area (Å²) < 4.78 is 27.6. The Morgan fingerprint density at radius 3 is 2.52 bits per heavy atom. The molecule has 0 aliphatic carbocycles. The molecule has 0 fully saturated rings. The summed E-state index contributed by atoms with van der Waals surface area (Å²) in [6, 6.07) is 4.98. The molecule has 0 N–H and O–H groups in total. The summed E-state index contributed by atoms with van der Waals surface area (Å²) in [4.78, 5) is 0. The van der Waals surface area contributed by atoms with Crippen LogP contribution >= 0.6 is 39.1 Å². The molecule has 0 amide bonds. The summed E-state index contributed by atoms with van der Waals surface area (Å²) in [5.74, 6) is 0. The first-order valence-electron chi connectivity index (χ1n) is 5.69. The van der Waals surface area contributed by atoms with Gasteiger partial charge >= 0.3 is 0 Å². The zero-order chi connectivity index (χ0) is 15.8. The Balaban J connectivity index is 2.31. The minimum Gasteiger partial charge on any atom is -0.235 e. The number of sulfonamides is 1. The highest BCUT2D eigenvalue weighted by atomic mass is 79.9. The van der Waals surface area contributed by atoms with Gasteiger partial charge < -0.3 is 0 Å². The monoisotopic (exact) mass is 412 g/mol. The fraction of sp³-hybridized carbons (Fsp3) is 0.273. The van der Waals surface area contributed by atoms with Gasteiger partial charge in [-0.1, -0.05) is 34.5 Å². The molecule has 1 aromatic heterocycles. The Hall–Kier alpha value is -0.670. The van der Waals surface area contributed by atoms with Gasteiger partial charge in [0, 0.05) is 20.6 Å². The van der Waals surface area contributed by atoms with E-state index in [-0.39, 0.29) is 16.2 Å². The Bertz CT molecular complexity index is 759. The molecule has 0 aliphatic rings. The lowest BCUT2D eigenvalue weighted by Crippen LogP contribution is -2.28. The number of nitrogens with zero attached hydrogens (tertiary/aromatic N) is 4. The lowest BCUT2D eigenvalue weighted by atomic mass is 10.2. The van der Waals surface area contributed by atoms with E-state index in [9.17, 15) is 8.42 Å². The molecule has 2 aromatic rings. The highest BCUT2D eigenvalue weighted by Gasteiger charge is 2.28. The second-order valence-electron chi connectivity index (χ2n) is 4.32. The van der Waals surface area contributed by atoms with E-state index < -0.39 is 10.0 Å². The van der Waals surface area contributed by atoms with Crippen molar-refractivity contribution in [2.75, 3.05) is 7.05 Å². The summed E-state index contributed by atoms with van der Waals surface area (Å²) >= 11 is 14.9. The minimum atomic E-state index is -3.73. The fourth-order valence-electron chi connectivity index (χ4n) is 1.72. The minimum absolute atomic E-state index is 0.00920. The van der Waals surface area contributed by atoms with E-state index in [1.54, 1.807) is 18.2 Å². The molecular formula is C11H11BrCl2N4O2S. The van der Waals surface area contributed by atoms with Gasteiger partial charge in [0.05, 0.1) is 10.0 Å². The van der Waals surface area contributed by atoms with Gasteiger partial charge in [0.1, 0.15) is 0 Å². The molecule has 1 aromatic carbocycles. The number of rotatable bonds is 4. The van der Waals surface area contributed by atoms with Gasteiger partial charge in [0.15, 0.2) is 4.60 Å². The first kappa shape index (κ1) is 16.7. The fourth-order valence-corrected chi connectivity index (χ4v) is 4.22. The van der Waals surface area contributed by atoms with Crippen molar-refractivity contribution < 1.29 is 8.42 Å². The molecule has 114 valence electrons. The van der Waals surface area contributed by atoms with Gasteiger partial charge in [-0.25, -0.2) is 13.1 Å². The molecule has 0 saturated heterocycles. The average molecular weight is 414 g/mol. The molecular weight excluding hydrogens is 403 g/mol. The summed E-state index contributed by atoms with van der Waals surface area (Å²) in [6.45, 7) is 0.150. The molecule has 0 spiro atoms. The molecule has 0 radical (unpaired) electrons. The maximum absolute atomic E-state index is 12.5. The van der Waals surface area contributed by atoms with E-state index in [2.05, 4.69) is 26.2 Å². The molecule has 0 bridgehead atoms. The Kier molecular flexibility index (Phi) is 4.94. The van der Waals surface area contributed by atoms with Crippen molar-refractivity contribution in [1.29, 1.82) is 0 Å². The molecule has 21 heavy (non-hydrogen) atoms. The van der Waals surface area contributed by atoms with Crippen molar-refractivity contribution in [3.05, 3.63) is 38.4 Å². The number of halogens is 3. The van der Waals surface area contributed by atoms with E-state index >= 15 is 0 Å². The van der Waals surface area contributed by atoms with Crippen molar-refractivity contribution >= 4 is 49.2 Å². The predicted molar refractivity (Wildman–Crippen MR) is 83.8 cm³/mol. The van der Waals surface area contributed by atoms with Crippen molar-refractivity contribution in [3.8, 4) is 0 Å². The molecule has 2 rings (SSSR count). The Labute approximate surface area is 140 Å². The van der Waals surface area contributed by atoms with Gasteiger partial charge in [-0.15, -0.1) is 5.10 Å². The number of benzene rings is 1. The van der Waals surface area contributed by atoms with Gasteiger partial charge in [-0.3, -0.25) is 0 Å². The quantitative estimate of drug-likeness (QED) is 0.772. The van der Waals surface area contributed by atoms with Crippen LogP contribution < -0.4 is 0 Å². The summed E-state index contributed by atoms with van der Waals surface area (Å²) in [5.41, 5.74) is 0.724. The maximum atomic E-state index is 12.5. The molecule has 1 heterocycles. The van der Waals surface area contributed by atoms with E-state index in [0.717, 1.165) is 5.56 Å². The molecule has 6 nitrogen and oxygen atoms in total. The molecule has 0 aliphatic heterocycles. The first-order valence-corrected chi connectivity index (χ1v) is 8.68.